The smallest absolute Gasteiger partial charge is 0.118 e. The number of rotatable bonds is 7. The molecule has 6 heteroatoms. The van der Waals surface area contributed by atoms with Crippen LogP contribution in [0.1, 0.15) is 37.7 Å². The number of hydrogen-bond donors (Lipinski definition) is 2. The van der Waals surface area contributed by atoms with Gasteiger partial charge in [0.25, 0.3) is 0 Å². The lowest BCUT2D eigenvalue weighted by atomic mass is 9.79. The van der Waals surface area contributed by atoms with E-state index < -0.39 is 0 Å². The van der Waals surface area contributed by atoms with Crippen molar-refractivity contribution in [3.8, 4) is 17.0 Å². The summed E-state index contributed by atoms with van der Waals surface area (Å²) in [5, 5.41) is 11.2. The maximum atomic E-state index is 5.60. The van der Waals surface area contributed by atoms with Crippen LogP contribution in [-0.2, 0) is 11.3 Å². The summed E-state index contributed by atoms with van der Waals surface area (Å²) in [7, 11) is 1.69. The van der Waals surface area contributed by atoms with E-state index in [9.17, 15) is 0 Å². The Morgan fingerprint density at radius 1 is 1.14 bits per heavy atom. The van der Waals surface area contributed by atoms with Gasteiger partial charge < -0.3 is 14.8 Å². The predicted molar refractivity (Wildman–Crippen MR) is 110 cm³/mol. The number of aromatic nitrogens is 2. The molecule has 0 unspecified atom stereocenters. The van der Waals surface area contributed by atoms with Crippen LogP contribution >= 0.6 is 0 Å². The molecular formula is C22H32N4O2. The van der Waals surface area contributed by atoms with Crippen molar-refractivity contribution in [1.82, 2.24) is 20.4 Å². The second kappa shape index (κ2) is 9.07. The lowest BCUT2D eigenvalue weighted by Crippen LogP contribution is -2.59. The molecule has 0 amide bonds. The number of nitrogens with zero attached hydrogens (tertiary/aromatic N) is 2. The van der Waals surface area contributed by atoms with Gasteiger partial charge in [0.05, 0.1) is 32.2 Å². The first kappa shape index (κ1) is 19.4. The predicted octanol–water partition coefficient (Wildman–Crippen LogP) is 3.21. The van der Waals surface area contributed by atoms with Crippen molar-refractivity contribution in [2.75, 3.05) is 40.0 Å². The van der Waals surface area contributed by atoms with Gasteiger partial charge in [-0.3, -0.25) is 10.00 Å². The van der Waals surface area contributed by atoms with Gasteiger partial charge in [-0.15, -0.1) is 0 Å². The van der Waals surface area contributed by atoms with Gasteiger partial charge in [-0.05, 0) is 37.1 Å². The number of benzene rings is 1. The lowest BCUT2D eigenvalue weighted by Gasteiger charge is -2.48. The average Bonchev–Trinajstić information content (AvgIpc) is 3.23. The van der Waals surface area contributed by atoms with Crippen LogP contribution in [-0.4, -0.2) is 60.6 Å². The molecule has 1 saturated heterocycles. The molecule has 152 valence electrons. The third-order valence-electron chi connectivity index (χ3n) is 6.33. The SMILES string of the molecule is COc1ccc(-c2[nH]ncc2CNCC2(N3CCOCC3)CCCCC2)cc1. The van der Waals surface area contributed by atoms with Gasteiger partial charge in [0.1, 0.15) is 5.75 Å². The van der Waals surface area contributed by atoms with Crippen LogP contribution in [0, 0.1) is 0 Å². The normalized spacial score (nSPS) is 20.2. The summed E-state index contributed by atoms with van der Waals surface area (Å²) in [5.74, 6) is 0.868. The monoisotopic (exact) mass is 384 g/mol. The van der Waals surface area contributed by atoms with Crippen LogP contribution in [0.4, 0.5) is 0 Å². The summed E-state index contributed by atoms with van der Waals surface area (Å²) in [5.41, 5.74) is 3.71. The molecule has 1 aliphatic carbocycles. The van der Waals surface area contributed by atoms with Gasteiger partial charge in [-0.2, -0.15) is 5.10 Å². The summed E-state index contributed by atoms with van der Waals surface area (Å²) in [6.45, 7) is 5.70. The summed E-state index contributed by atoms with van der Waals surface area (Å²) < 4.78 is 10.9. The van der Waals surface area contributed by atoms with Gasteiger partial charge in [0.2, 0.25) is 0 Å². The average molecular weight is 385 g/mol. The van der Waals surface area contributed by atoms with E-state index in [0.717, 1.165) is 56.4 Å². The Morgan fingerprint density at radius 3 is 2.61 bits per heavy atom. The quantitative estimate of drug-likeness (QED) is 0.768. The Hall–Kier alpha value is -1.89. The topological polar surface area (TPSA) is 62.4 Å². The maximum absolute atomic E-state index is 5.60. The summed E-state index contributed by atoms with van der Waals surface area (Å²) in [4.78, 5) is 2.68. The Labute approximate surface area is 167 Å². The van der Waals surface area contributed by atoms with Crippen LogP contribution < -0.4 is 10.1 Å². The molecule has 0 atom stereocenters. The molecule has 0 bridgehead atoms. The lowest BCUT2D eigenvalue weighted by molar-refractivity contribution is -0.0369. The van der Waals surface area contributed by atoms with Gasteiger partial charge >= 0.3 is 0 Å². The van der Waals surface area contributed by atoms with Crippen molar-refractivity contribution in [2.24, 2.45) is 0 Å². The molecular weight excluding hydrogens is 352 g/mol. The molecule has 6 nitrogen and oxygen atoms in total. The molecule has 0 radical (unpaired) electrons. The Balaban J connectivity index is 1.41. The fourth-order valence-electron chi connectivity index (χ4n) is 4.73. The van der Waals surface area contributed by atoms with Crippen molar-refractivity contribution in [1.29, 1.82) is 0 Å². The molecule has 2 aromatic rings. The van der Waals surface area contributed by atoms with Crippen LogP contribution in [0.2, 0.25) is 0 Å². The molecule has 2 aliphatic rings. The van der Waals surface area contributed by atoms with Crippen molar-refractivity contribution >= 4 is 0 Å². The first-order chi connectivity index (χ1) is 13.8. The van der Waals surface area contributed by atoms with Gasteiger partial charge in [-0.25, -0.2) is 0 Å². The highest BCUT2D eigenvalue weighted by Crippen LogP contribution is 2.34. The number of morpholine rings is 1. The fraction of sp³-hybridized carbons (Fsp3) is 0.591. The second-order valence-electron chi connectivity index (χ2n) is 7.99. The van der Waals surface area contributed by atoms with Crippen molar-refractivity contribution in [3.05, 3.63) is 36.0 Å². The van der Waals surface area contributed by atoms with Gasteiger partial charge in [0, 0.05) is 42.8 Å². The fourth-order valence-corrected chi connectivity index (χ4v) is 4.73. The third kappa shape index (κ3) is 4.24. The Morgan fingerprint density at radius 2 is 1.89 bits per heavy atom. The zero-order valence-corrected chi connectivity index (χ0v) is 16.9. The minimum absolute atomic E-state index is 0.284. The maximum Gasteiger partial charge on any atom is 0.118 e. The first-order valence-corrected chi connectivity index (χ1v) is 10.5. The molecule has 1 aromatic heterocycles. The molecule has 28 heavy (non-hydrogen) atoms. The van der Waals surface area contributed by atoms with Crippen LogP contribution in [0.5, 0.6) is 5.75 Å². The van der Waals surface area contributed by atoms with E-state index in [1.165, 1.54) is 37.7 Å². The van der Waals surface area contributed by atoms with Crippen LogP contribution in [0.25, 0.3) is 11.3 Å². The third-order valence-corrected chi connectivity index (χ3v) is 6.33. The molecule has 1 aromatic carbocycles. The second-order valence-corrected chi connectivity index (χ2v) is 7.99. The number of aromatic amines is 1. The minimum Gasteiger partial charge on any atom is -0.497 e. The Bertz CT molecular complexity index is 731. The summed E-state index contributed by atoms with van der Waals surface area (Å²) in [6, 6.07) is 8.13. The van der Waals surface area contributed by atoms with Crippen molar-refractivity contribution < 1.29 is 9.47 Å². The number of nitrogens with one attached hydrogen (secondary N) is 2. The highest BCUT2D eigenvalue weighted by atomic mass is 16.5. The highest BCUT2D eigenvalue weighted by molar-refractivity contribution is 5.63. The molecule has 0 spiro atoms. The highest BCUT2D eigenvalue weighted by Gasteiger charge is 2.38. The molecule has 1 aliphatic heterocycles. The summed E-state index contributed by atoms with van der Waals surface area (Å²) in [6.07, 6.45) is 8.56. The van der Waals surface area contributed by atoms with E-state index in [1.54, 1.807) is 7.11 Å². The zero-order valence-electron chi connectivity index (χ0n) is 16.9. The van der Waals surface area contributed by atoms with Crippen molar-refractivity contribution in [2.45, 2.75) is 44.2 Å². The molecule has 2 fully saturated rings. The number of hydrogen-bond acceptors (Lipinski definition) is 5. The number of methoxy groups -OCH3 is 1. The molecule has 2 N–H and O–H groups in total. The molecule has 4 rings (SSSR count). The molecule has 2 heterocycles. The van der Waals surface area contributed by atoms with Gasteiger partial charge in [0.15, 0.2) is 0 Å². The standard InChI is InChI=1S/C22H32N4O2/c1-27-20-7-5-18(6-8-20)21-19(16-24-25-21)15-23-17-22(9-3-2-4-10-22)26-11-13-28-14-12-26/h5-8,16,23H,2-4,9-15,17H2,1H3,(H,24,25). The number of ether oxygens (including phenoxy) is 2. The van der Waals surface area contributed by atoms with E-state index in [2.05, 4.69) is 32.5 Å². The van der Waals surface area contributed by atoms with E-state index >= 15 is 0 Å². The zero-order chi connectivity index (χ0) is 19.2. The van der Waals surface area contributed by atoms with Gasteiger partial charge in [-0.1, -0.05) is 19.3 Å². The van der Waals surface area contributed by atoms with E-state index in [1.807, 2.05) is 18.3 Å². The minimum atomic E-state index is 0.284. The van der Waals surface area contributed by atoms with E-state index in [4.69, 9.17) is 9.47 Å². The van der Waals surface area contributed by atoms with Crippen LogP contribution in [0.3, 0.4) is 0 Å². The largest absolute Gasteiger partial charge is 0.497 e. The van der Waals surface area contributed by atoms with Crippen LogP contribution in [0.15, 0.2) is 30.5 Å². The summed E-state index contributed by atoms with van der Waals surface area (Å²) >= 11 is 0. The van der Waals surface area contributed by atoms with E-state index in [0.29, 0.717) is 0 Å². The first-order valence-electron chi connectivity index (χ1n) is 10.5. The number of H-pyrrole nitrogens is 1. The Kier molecular flexibility index (Phi) is 6.29. The van der Waals surface area contributed by atoms with Crippen molar-refractivity contribution in [3.63, 3.8) is 0 Å². The van der Waals surface area contributed by atoms with E-state index in [-0.39, 0.29) is 5.54 Å². The molecule has 1 saturated carbocycles.